The molecule has 1 heterocycles. The lowest BCUT2D eigenvalue weighted by molar-refractivity contribution is 0.179. The second kappa shape index (κ2) is 10.6. The fourth-order valence-electron chi connectivity index (χ4n) is 2.38. The monoisotopic (exact) mass is 293 g/mol. The van der Waals surface area contributed by atoms with E-state index in [-0.39, 0.29) is 0 Å². The van der Waals surface area contributed by atoms with E-state index in [1.54, 1.807) is 0 Å². The van der Waals surface area contributed by atoms with Gasteiger partial charge in [0.2, 0.25) is 0 Å². The predicted octanol–water partition coefficient (Wildman–Crippen LogP) is 3.19. The molecule has 116 valence electrons. The van der Waals surface area contributed by atoms with E-state index in [1.807, 2.05) is 0 Å². The number of likely N-dealkylation sites (tertiary alicyclic amines) is 1. The fourth-order valence-corrected chi connectivity index (χ4v) is 2.38. The molecule has 1 saturated heterocycles. The molecule has 1 rings (SSSR count). The first-order valence-electron chi connectivity index (χ1n) is 7.51. The molecule has 0 saturated carbocycles. The zero-order chi connectivity index (χ0) is 14.7. The van der Waals surface area contributed by atoms with Gasteiger partial charge in [-0.1, -0.05) is 39.5 Å². The Bertz CT molecular complexity index is 288. The predicted molar refractivity (Wildman–Crippen MR) is 81.1 cm³/mol. The molecule has 1 N–H and O–H groups in total. The molecule has 0 radical (unpaired) electrons. The largest absolute Gasteiger partial charge is 0.303 e. The summed E-state index contributed by atoms with van der Waals surface area (Å²) in [5, 5.41) is 0. The van der Waals surface area contributed by atoms with Gasteiger partial charge in [-0.15, -0.1) is 0 Å². The second-order valence-electron chi connectivity index (χ2n) is 5.49. The molecule has 0 aromatic heterocycles. The van der Waals surface area contributed by atoms with Crippen molar-refractivity contribution >= 4 is 10.1 Å². The summed E-state index contributed by atoms with van der Waals surface area (Å²) in [6.45, 7) is 8.71. The maximum absolute atomic E-state index is 9.19. The SMILES string of the molecule is CCCCCCN1CCC(CC)CC1.CS(=O)(=O)O. The number of piperidine rings is 1. The van der Waals surface area contributed by atoms with Crippen LogP contribution in [0.3, 0.4) is 0 Å². The molecule has 0 aromatic rings. The van der Waals surface area contributed by atoms with Gasteiger partial charge in [0, 0.05) is 0 Å². The summed E-state index contributed by atoms with van der Waals surface area (Å²) in [5.41, 5.74) is 0. The smallest absolute Gasteiger partial charge is 0.261 e. The van der Waals surface area contributed by atoms with Gasteiger partial charge in [0.15, 0.2) is 0 Å². The van der Waals surface area contributed by atoms with Crippen LogP contribution in [-0.4, -0.2) is 43.8 Å². The summed E-state index contributed by atoms with van der Waals surface area (Å²) in [4.78, 5) is 2.67. The van der Waals surface area contributed by atoms with Gasteiger partial charge in [-0.25, -0.2) is 0 Å². The minimum atomic E-state index is -3.67. The van der Waals surface area contributed by atoms with Crippen LogP contribution in [0.1, 0.15) is 58.8 Å². The minimum absolute atomic E-state index is 0.715. The molecule has 0 atom stereocenters. The third-order valence-electron chi connectivity index (χ3n) is 3.61. The van der Waals surface area contributed by atoms with Crippen molar-refractivity contribution in [2.45, 2.75) is 58.8 Å². The maximum atomic E-state index is 9.19. The van der Waals surface area contributed by atoms with E-state index in [4.69, 9.17) is 4.55 Å². The maximum Gasteiger partial charge on any atom is 0.261 e. The van der Waals surface area contributed by atoms with Crippen LogP contribution in [0, 0.1) is 5.92 Å². The Morgan fingerprint density at radius 1 is 1.11 bits per heavy atom. The first-order valence-corrected chi connectivity index (χ1v) is 9.36. The molecular formula is C14H31NO3S. The number of unbranched alkanes of at least 4 members (excludes halogenated alkanes) is 3. The third kappa shape index (κ3) is 14.1. The van der Waals surface area contributed by atoms with E-state index in [2.05, 4.69) is 18.7 Å². The van der Waals surface area contributed by atoms with Gasteiger partial charge in [0.25, 0.3) is 10.1 Å². The van der Waals surface area contributed by atoms with Gasteiger partial charge in [0.1, 0.15) is 0 Å². The Balaban J connectivity index is 0.000000555. The van der Waals surface area contributed by atoms with Crippen molar-refractivity contribution in [2.24, 2.45) is 5.92 Å². The molecule has 1 fully saturated rings. The first kappa shape index (κ1) is 18.9. The average molecular weight is 293 g/mol. The lowest BCUT2D eigenvalue weighted by Gasteiger charge is -2.31. The Morgan fingerprint density at radius 2 is 1.63 bits per heavy atom. The van der Waals surface area contributed by atoms with Gasteiger partial charge in [0.05, 0.1) is 6.26 Å². The lowest BCUT2D eigenvalue weighted by Crippen LogP contribution is -2.34. The van der Waals surface area contributed by atoms with Crippen LogP contribution in [0.25, 0.3) is 0 Å². The quantitative estimate of drug-likeness (QED) is 0.603. The van der Waals surface area contributed by atoms with Gasteiger partial charge >= 0.3 is 0 Å². The van der Waals surface area contributed by atoms with Crippen LogP contribution in [0.5, 0.6) is 0 Å². The zero-order valence-corrected chi connectivity index (χ0v) is 13.6. The molecule has 0 amide bonds. The lowest BCUT2D eigenvalue weighted by atomic mass is 9.94. The van der Waals surface area contributed by atoms with E-state index in [0.717, 1.165) is 5.92 Å². The van der Waals surface area contributed by atoms with Crippen molar-refractivity contribution in [3.8, 4) is 0 Å². The van der Waals surface area contributed by atoms with E-state index in [9.17, 15) is 8.42 Å². The van der Waals surface area contributed by atoms with Crippen LogP contribution in [0.4, 0.5) is 0 Å². The van der Waals surface area contributed by atoms with Crippen molar-refractivity contribution < 1.29 is 13.0 Å². The summed E-state index contributed by atoms with van der Waals surface area (Å²) >= 11 is 0. The van der Waals surface area contributed by atoms with Crippen LogP contribution >= 0.6 is 0 Å². The summed E-state index contributed by atoms with van der Waals surface area (Å²) in [7, 11) is -3.67. The first-order chi connectivity index (χ1) is 8.86. The summed E-state index contributed by atoms with van der Waals surface area (Å²) in [5.74, 6) is 1.03. The minimum Gasteiger partial charge on any atom is -0.303 e. The molecule has 1 aliphatic rings. The van der Waals surface area contributed by atoms with E-state index in [1.165, 1.54) is 64.6 Å². The Hall–Kier alpha value is -0.130. The van der Waals surface area contributed by atoms with Gasteiger partial charge in [-0.2, -0.15) is 8.42 Å². The van der Waals surface area contributed by atoms with Crippen LogP contribution in [0.2, 0.25) is 0 Å². The molecule has 19 heavy (non-hydrogen) atoms. The van der Waals surface area contributed by atoms with Crippen molar-refractivity contribution in [1.29, 1.82) is 0 Å². The topological polar surface area (TPSA) is 57.6 Å². The van der Waals surface area contributed by atoms with E-state index < -0.39 is 10.1 Å². The van der Waals surface area contributed by atoms with Gasteiger partial charge < -0.3 is 4.90 Å². The van der Waals surface area contributed by atoms with E-state index >= 15 is 0 Å². The van der Waals surface area contributed by atoms with Gasteiger partial charge in [-0.05, 0) is 44.8 Å². The number of hydrogen-bond acceptors (Lipinski definition) is 3. The van der Waals surface area contributed by atoms with E-state index in [0.29, 0.717) is 6.26 Å². The fraction of sp³-hybridized carbons (Fsp3) is 1.00. The number of hydrogen-bond donors (Lipinski definition) is 1. The van der Waals surface area contributed by atoms with Gasteiger partial charge in [-0.3, -0.25) is 4.55 Å². The molecular weight excluding hydrogens is 262 g/mol. The standard InChI is InChI=1S/C13H27N.CH4O3S/c1-3-5-6-7-10-14-11-8-13(4-2)9-12-14;1-5(2,3)4/h13H,3-12H2,1-2H3;1H3,(H,2,3,4). The normalized spacial score (nSPS) is 17.9. The Kier molecular flexibility index (Phi) is 10.6. The molecule has 0 aliphatic carbocycles. The van der Waals surface area contributed by atoms with Crippen LogP contribution in [-0.2, 0) is 10.1 Å². The zero-order valence-electron chi connectivity index (χ0n) is 12.8. The van der Waals surface area contributed by atoms with Crippen molar-refractivity contribution in [2.75, 3.05) is 25.9 Å². The summed E-state index contributed by atoms with van der Waals surface area (Å²) in [6, 6.07) is 0. The second-order valence-corrected chi connectivity index (χ2v) is 6.95. The molecule has 0 unspecified atom stereocenters. The Morgan fingerprint density at radius 3 is 2.05 bits per heavy atom. The van der Waals surface area contributed by atoms with Crippen LogP contribution < -0.4 is 0 Å². The molecule has 0 aromatic carbocycles. The average Bonchev–Trinajstić information content (AvgIpc) is 2.33. The molecule has 5 heteroatoms. The highest BCUT2D eigenvalue weighted by Crippen LogP contribution is 2.20. The molecule has 1 aliphatic heterocycles. The van der Waals surface area contributed by atoms with Crippen LogP contribution in [0.15, 0.2) is 0 Å². The molecule has 4 nitrogen and oxygen atoms in total. The highest BCUT2D eigenvalue weighted by Gasteiger charge is 2.16. The number of nitrogens with zero attached hydrogens (tertiary/aromatic N) is 1. The number of rotatable bonds is 6. The third-order valence-corrected chi connectivity index (χ3v) is 3.61. The van der Waals surface area contributed by atoms with Crippen molar-refractivity contribution in [3.05, 3.63) is 0 Å². The molecule has 0 bridgehead atoms. The highest BCUT2D eigenvalue weighted by atomic mass is 32.2. The van der Waals surface area contributed by atoms with Crippen molar-refractivity contribution in [1.82, 2.24) is 4.90 Å². The molecule has 0 spiro atoms. The Labute approximate surface area is 119 Å². The van der Waals surface area contributed by atoms with Crippen molar-refractivity contribution in [3.63, 3.8) is 0 Å². The summed E-state index contributed by atoms with van der Waals surface area (Å²) in [6.07, 6.45) is 10.6. The highest BCUT2D eigenvalue weighted by molar-refractivity contribution is 7.85. The summed E-state index contributed by atoms with van der Waals surface area (Å²) < 4.78 is 25.9.